The van der Waals surface area contributed by atoms with Crippen LogP contribution in [0.15, 0.2) is 231 Å². The van der Waals surface area contributed by atoms with Crippen molar-refractivity contribution in [1.29, 1.82) is 0 Å². The highest BCUT2D eigenvalue weighted by molar-refractivity contribution is 6.25. The van der Waals surface area contributed by atoms with Crippen molar-refractivity contribution in [3.8, 4) is 55.6 Å². The Morgan fingerprint density at radius 3 is 1.35 bits per heavy atom. The van der Waals surface area contributed by atoms with Crippen LogP contribution >= 0.6 is 0 Å². The standard InChI is InChI=1S/C60H38/c1-2-17-41(18-3-1)45-29-15-31-51-50(35-37-56(59(45)51)46-30-14-21-40-19-6-7-22-44(40)46)49-34-36-57(48-24-9-8-23-47(48)49)60-54-27-12-10-25-52(54)58(53-26-11-13-28-55(53)60)43-33-32-39-16-4-5-20-42(39)38-43/h1-38H. The summed E-state index contributed by atoms with van der Waals surface area (Å²) in [6, 6.07) is 85.2. The van der Waals surface area contributed by atoms with Crippen molar-refractivity contribution in [2.75, 3.05) is 0 Å². The molecule has 60 heavy (non-hydrogen) atoms. The SMILES string of the molecule is c1ccc(-c2cccc3c(-c4ccc(-c5c6ccccc6c(-c6ccc7ccccc7c6)c6ccccc56)c5ccccc45)ccc(-c4cccc5ccccc45)c23)cc1. The highest BCUT2D eigenvalue weighted by atomic mass is 14.2. The van der Waals surface area contributed by atoms with Gasteiger partial charge in [-0.3, -0.25) is 0 Å². The van der Waals surface area contributed by atoms with Gasteiger partial charge in [-0.25, -0.2) is 0 Å². The molecule has 0 bridgehead atoms. The highest BCUT2D eigenvalue weighted by Gasteiger charge is 2.21. The Bertz CT molecular complexity index is 3590. The normalized spacial score (nSPS) is 11.7. The quantitative estimate of drug-likeness (QED) is 0.153. The van der Waals surface area contributed by atoms with Gasteiger partial charge in [0.05, 0.1) is 0 Å². The number of hydrogen-bond acceptors (Lipinski definition) is 0. The number of rotatable bonds is 5. The van der Waals surface area contributed by atoms with Gasteiger partial charge in [-0.2, -0.15) is 0 Å². The minimum absolute atomic E-state index is 1.22. The summed E-state index contributed by atoms with van der Waals surface area (Å²) >= 11 is 0. The van der Waals surface area contributed by atoms with E-state index in [9.17, 15) is 0 Å². The van der Waals surface area contributed by atoms with E-state index in [4.69, 9.17) is 0 Å². The molecule has 0 saturated carbocycles. The van der Waals surface area contributed by atoms with E-state index in [-0.39, 0.29) is 0 Å². The third kappa shape index (κ3) is 5.39. The summed E-state index contributed by atoms with van der Waals surface area (Å²) in [4.78, 5) is 0. The average Bonchev–Trinajstić information content (AvgIpc) is 3.32. The predicted molar refractivity (Wildman–Crippen MR) is 259 cm³/mol. The molecule has 0 atom stereocenters. The Morgan fingerprint density at radius 1 is 0.183 bits per heavy atom. The van der Waals surface area contributed by atoms with Crippen LogP contribution in [0.1, 0.15) is 0 Å². The van der Waals surface area contributed by atoms with Gasteiger partial charge in [0.15, 0.2) is 0 Å². The Morgan fingerprint density at radius 2 is 0.633 bits per heavy atom. The Kier molecular flexibility index (Phi) is 7.96. The van der Waals surface area contributed by atoms with E-state index in [2.05, 4.69) is 231 Å². The molecule has 0 fully saturated rings. The first-order chi connectivity index (χ1) is 29.8. The smallest absolute Gasteiger partial charge is 0.00201 e. The molecule has 0 heterocycles. The minimum Gasteiger partial charge on any atom is -0.0622 e. The van der Waals surface area contributed by atoms with Crippen molar-refractivity contribution in [1.82, 2.24) is 0 Å². The van der Waals surface area contributed by atoms with Crippen molar-refractivity contribution >= 4 is 64.6 Å². The molecule has 12 aromatic rings. The Balaban J connectivity index is 1.12. The van der Waals surface area contributed by atoms with Gasteiger partial charge in [-0.15, -0.1) is 0 Å². The second-order valence-electron chi connectivity index (χ2n) is 15.9. The van der Waals surface area contributed by atoms with E-state index in [0.717, 1.165) is 0 Å². The maximum absolute atomic E-state index is 2.38. The second kappa shape index (κ2) is 13.9. The zero-order chi connectivity index (χ0) is 39.6. The summed E-state index contributed by atoms with van der Waals surface area (Å²) < 4.78 is 0. The fourth-order valence-corrected chi connectivity index (χ4v) is 10.0. The van der Waals surface area contributed by atoms with E-state index in [1.54, 1.807) is 0 Å². The molecule has 0 heteroatoms. The topological polar surface area (TPSA) is 0 Å². The fourth-order valence-electron chi connectivity index (χ4n) is 10.0. The molecule has 0 aliphatic rings. The van der Waals surface area contributed by atoms with Gasteiger partial charge in [-0.05, 0) is 126 Å². The average molecular weight is 759 g/mol. The molecular weight excluding hydrogens is 721 g/mol. The maximum atomic E-state index is 2.38. The summed E-state index contributed by atoms with van der Waals surface area (Å²) in [5, 5.41) is 15.1. The van der Waals surface area contributed by atoms with Crippen LogP contribution in [0.3, 0.4) is 0 Å². The Labute approximate surface area is 349 Å². The van der Waals surface area contributed by atoms with Crippen LogP contribution in [0, 0.1) is 0 Å². The fraction of sp³-hybridized carbons (Fsp3) is 0. The van der Waals surface area contributed by atoms with Crippen LogP contribution in [0.2, 0.25) is 0 Å². The molecule has 0 saturated heterocycles. The van der Waals surface area contributed by atoms with E-state index < -0.39 is 0 Å². The molecule has 0 radical (unpaired) electrons. The van der Waals surface area contributed by atoms with Gasteiger partial charge < -0.3 is 0 Å². The molecule has 0 aliphatic carbocycles. The zero-order valence-corrected chi connectivity index (χ0v) is 32.9. The van der Waals surface area contributed by atoms with Crippen LogP contribution in [-0.4, -0.2) is 0 Å². The molecular formula is C60H38. The second-order valence-corrected chi connectivity index (χ2v) is 15.9. The lowest BCUT2D eigenvalue weighted by Gasteiger charge is -2.21. The molecule has 0 aliphatic heterocycles. The lowest BCUT2D eigenvalue weighted by Crippen LogP contribution is -1.94. The van der Waals surface area contributed by atoms with Crippen molar-refractivity contribution in [2.45, 2.75) is 0 Å². The van der Waals surface area contributed by atoms with Gasteiger partial charge in [0.25, 0.3) is 0 Å². The highest BCUT2D eigenvalue weighted by Crippen LogP contribution is 2.49. The van der Waals surface area contributed by atoms with E-state index >= 15 is 0 Å². The molecule has 0 N–H and O–H groups in total. The molecule has 0 nitrogen and oxygen atoms in total. The van der Waals surface area contributed by atoms with Crippen molar-refractivity contribution in [3.05, 3.63) is 231 Å². The predicted octanol–water partition coefficient (Wildman–Crippen LogP) is 16.9. The third-order valence-corrected chi connectivity index (χ3v) is 12.7. The van der Waals surface area contributed by atoms with E-state index in [1.165, 1.54) is 120 Å². The van der Waals surface area contributed by atoms with Crippen LogP contribution in [0.25, 0.3) is 120 Å². The first-order valence-corrected chi connectivity index (χ1v) is 20.8. The molecule has 12 aromatic carbocycles. The molecule has 0 unspecified atom stereocenters. The van der Waals surface area contributed by atoms with Crippen LogP contribution in [0.4, 0.5) is 0 Å². The number of benzene rings is 12. The van der Waals surface area contributed by atoms with Crippen LogP contribution in [-0.2, 0) is 0 Å². The van der Waals surface area contributed by atoms with Gasteiger partial charge in [0.2, 0.25) is 0 Å². The van der Waals surface area contributed by atoms with Crippen LogP contribution in [0.5, 0.6) is 0 Å². The van der Waals surface area contributed by atoms with Crippen LogP contribution < -0.4 is 0 Å². The van der Waals surface area contributed by atoms with Gasteiger partial charge in [0, 0.05) is 0 Å². The van der Waals surface area contributed by atoms with E-state index in [1.807, 2.05) is 0 Å². The van der Waals surface area contributed by atoms with Gasteiger partial charge in [-0.1, -0.05) is 224 Å². The molecule has 278 valence electrons. The lowest BCUT2D eigenvalue weighted by atomic mass is 9.82. The summed E-state index contributed by atoms with van der Waals surface area (Å²) in [6.45, 7) is 0. The molecule has 0 amide bonds. The Hall–Kier alpha value is -7.80. The van der Waals surface area contributed by atoms with Crippen molar-refractivity contribution in [3.63, 3.8) is 0 Å². The zero-order valence-electron chi connectivity index (χ0n) is 32.9. The van der Waals surface area contributed by atoms with E-state index in [0.29, 0.717) is 0 Å². The minimum atomic E-state index is 1.22. The number of fused-ring (bicyclic) bond motifs is 6. The monoisotopic (exact) mass is 758 g/mol. The maximum Gasteiger partial charge on any atom is -0.00201 e. The summed E-state index contributed by atoms with van der Waals surface area (Å²) in [5.41, 5.74) is 12.5. The summed E-state index contributed by atoms with van der Waals surface area (Å²) in [5.74, 6) is 0. The summed E-state index contributed by atoms with van der Waals surface area (Å²) in [6.07, 6.45) is 0. The number of hydrogen-bond donors (Lipinski definition) is 0. The molecule has 0 aromatic heterocycles. The largest absolute Gasteiger partial charge is 0.0622 e. The summed E-state index contributed by atoms with van der Waals surface area (Å²) in [7, 11) is 0. The lowest BCUT2D eigenvalue weighted by molar-refractivity contribution is 1.63. The third-order valence-electron chi connectivity index (χ3n) is 12.7. The van der Waals surface area contributed by atoms with Crippen molar-refractivity contribution in [2.24, 2.45) is 0 Å². The molecule has 12 rings (SSSR count). The molecule has 0 spiro atoms. The first-order valence-electron chi connectivity index (χ1n) is 20.8. The van der Waals surface area contributed by atoms with Gasteiger partial charge >= 0.3 is 0 Å². The first kappa shape index (κ1) is 34.3. The van der Waals surface area contributed by atoms with Crippen molar-refractivity contribution < 1.29 is 0 Å². The van der Waals surface area contributed by atoms with Gasteiger partial charge in [0.1, 0.15) is 0 Å².